The first-order chi connectivity index (χ1) is 18.8. The summed E-state index contributed by atoms with van der Waals surface area (Å²) in [5.74, 6) is -1.70. The van der Waals surface area contributed by atoms with Gasteiger partial charge in [0.25, 0.3) is 0 Å². The lowest BCUT2D eigenvalue weighted by Crippen LogP contribution is -2.38. The monoisotopic (exact) mass is 586 g/mol. The van der Waals surface area contributed by atoms with Gasteiger partial charge in [-0.05, 0) is 48.1 Å². The quantitative estimate of drug-likeness (QED) is 0.338. The highest BCUT2D eigenvalue weighted by molar-refractivity contribution is 6.31. The van der Waals surface area contributed by atoms with Gasteiger partial charge in [0.15, 0.2) is 5.69 Å². The molecule has 2 aliphatic rings. The van der Waals surface area contributed by atoms with Crippen LogP contribution in [0.15, 0.2) is 42.6 Å². The van der Waals surface area contributed by atoms with Crippen LogP contribution in [-0.2, 0) is 19.1 Å². The van der Waals surface area contributed by atoms with Gasteiger partial charge >= 0.3 is 18.3 Å². The minimum Gasteiger partial charge on any atom is -0.478 e. The first-order valence-electron chi connectivity index (χ1n) is 12.6. The number of carboxylic acids is 1. The number of nitrogens with zero attached hydrogens (tertiary/aromatic N) is 4. The Balaban J connectivity index is 1.44. The number of alkyl halides is 6. The van der Waals surface area contributed by atoms with E-state index in [0.29, 0.717) is 36.5 Å². The zero-order valence-corrected chi connectivity index (χ0v) is 21.8. The predicted molar refractivity (Wildman–Crippen MR) is 137 cm³/mol. The summed E-state index contributed by atoms with van der Waals surface area (Å²) in [6, 6.07) is 10.1. The van der Waals surface area contributed by atoms with E-state index in [1.54, 1.807) is 12.1 Å². The average Bonchev–Trinajstić information content (AvgIpc) is 3.34. The molecule has 214 valence electrons. The highest BCUT2D eigenvalue weighted by Gasteiger charge is 2.42. The fourth-order valence-corrected chi connectivity index (χ4v) is 5.80. The maximum absolute atomic E-state index is 13.8. The molecule has 3 aromatic rings. The van der Waals surface area contributed by atoms with Crippen LogP contribution in [0.5, 0.6) is 0 Å². The number of fused-ring (bicyclic) bond motifs is 1. The third-order valence-corrected chi connectivity index (χ3v) is 7.58. The number of anilines is 1. The number of aromatic carboxylic acids is 1. The lowest BCUT2D eigenvalue weighted by Gasteiger charge is -2.36. The number of piperidine rings is 1. The molecular formula is C27H25ClF6N4O2. The summed E-state index contributed by atoms with van der Waals surface area (Å²) in [4.78, 5) is 14.7. The van der Waals surface area contributed by atoms with Crippen molar-refractivity contribution in [1.29, 1.82) is 0 Å². The first-order valence-corrected chi connectivity index (χ1v) is 13.0. The molecule has 1 unspecified atom stereocenters. The van der Waals surface area contributed by atoms with Crippen LogP contribution < -0.4 is 4.90 Å². The van der Waals surface area contributed by atoms with E-state index in [1.165, 1.54) is 4.90 Å². The second-order valence-corrected chi connectivity index (χ2v) is 10.6. The summed E-state index contributed by atoms with van der Waals surface area (Å²) in [5.41, 5.74) is 1.89. The van der Waals surface area contributed by atoms with Gasteiger partial charge in [0.2, 0.25) is 0 Å². The van der Waals surface area contributed by atoms with Gasteiger partial charge in [0.1, 0.15) is 5.56 Å². The summed E-state index contributed by atoms with van der Waals surface area (Å²) in [6.07, 6.45) is -7.06. The normalized spacial score (nSPS) is 18.6. The SMILES string of the molecule is O=C(O)c1cnn(C2CCCN(c3cc(Cl)ccc3-c3ccc4c(c3)CCN(CC(F)(F)F)C4)C2)c1C(F)(F)F. The van der Waals surface area contributed by atoms with Gasteiger partial charge in [-0.2, -0.15) is 31.4 Å². The Labute approximate surface area is 230 Å². The third-order valence-electron chi connectivity index (χ3n) is 7.35. The fourth-order valence-electron chi connectivity index (χ4n) is 5.63. The third kappa shape index (κ3) is 5.92. The Morgan fingerprint density at radius 2 is 1.82 bits per heavy atom. The molecule has 1 fully saturated rings. The molecule has 0 amide bonds. The van der Waals surface area contributed by atoms with Crippen molar-refractivity contribution >= 4 is 23.3 Å². The Hall–Kier alpha value is -3.25. The number of carboxylic acid groups (broad SMARTS) is 1. The van der Waals surface area contributed by atoms with Crippen LogP contribution in [0.3, 0.4) is 0 Å². The average molecular weight is 587 g/mol. The number of carbonyl (C=O) groups is 1. The molecule has 3 heterocycles. The highest BCUT2D eigenvalue weighted by Crippen LogP contribution is 2.40. The largest absolute Gasteiger partial charge is 0.478 e. The lowest BCUT2D eigenvalue weighted by atomic mass is 9.93. The topological polar surface area (TPSA) is 61.6 Å². The molecular weight excluding hydrogens is 562 g/mol. The summed E-state index contributed by atoms with van der Waals surface area (Å²) in [5, 5.41) is 13.5. The van der Waals surface area contributed by atoms with E-state index in [2.05, 4.69) is 5.10 Å². The van der Waals surface area contributed by atoms with Crippen molar-refractivity contribution in [3.05, 3.63) is 70.0 Å². The number of hydrogen-bond acceptors (Lipinski definition) is 4. The molecule has 0 spiro atoms. The van der Waals surface area contributed by atoms with E-state index in [0.717, 1.165) is 33.1 Å². The van der Waals surface area contributed by atoms with Crippen LogP contribution in [0.25, 0.3) is 11.1 Å². The van der Waals surface area contributed by atoms with Gasteiger partial charge in [-0.1, -0.05) is 35.9 Å². The molecule has 0 saturated carbocycles. The molecule has 0 bridgehead atoms. The Morgan fingerprint density at radius 1 is 1.05 bits per heavy atom. The van der Waals surface area contributed by atoms with Crippen molar-refractivity contribution in [2.24, 2.45) is 0 Å². The van der Waals surface area contributed by atoms with Crippen molar-refractivity contribution in [2.45, 2.75) is 44.2 Å². The Bertz CT molecular complexity index is 1420. The van der Waals surface area contributed by atoms with Crippen LogP contribution in [0.2, 0.25) is 5.02 Å². The Kier molecular flexibility index (Phi) is 7.51. The van der Waals surface area contributed by atoms with E-state index < -0.39 is 42.2 Å². The molecule has 2 aromatic carbocycles. The van der Waals surface area contributed by atoms with Crippen LogP contribution in [0.1, 0.15) is 46.1 Å². The zero-order chi connectivity index (χ0) is 28.8. The van der Waals surface area contributed by atoms with Crippen molar-refractivity contribution in [3.8, 4) is 11.1 Å². The molecule has 1 N–H and O–H groups in total. The standard InChI is InChI=1S/C27H25ClF6N4O2/c28-19-5-6-21(17-3-4-18-13-36(15-26(29,30)31)9-7-16(18)10-17)23(11-19)37-8-1-2-20(14-37)38-24(27(32,33)34)22(12-35-38)25(39)40/h3-6,10-12,20H,1-2,7-9,13-15H2,(H,39,40). The van der Waals surface area contributed by atoms with E-state index in [-0.39, 0.29) is 19.6 Å². The smallest absolute Gasteiger partial charge is 0.433 e. The van der Waals surface area contributed by atoms with Crippen LogP contribution in [0.4, 0.5) is 32.0 Å². The second-order valence-electron chi connectivity index (χ2n) is 10.1. The number of rotatable bonds is 5. The van der Waals surface area contributed by atoms with Gasteiger partial charge < -0.3 is 10.0 Å². The number of aromatic nitrogens is 2. The molecule has 5 rings (SSSR count). The van der Waals surface area contributed by atoms with E-state index in [1.807, 2.05) is 29.2 Å². The summed E-state index contributed by atoms with van der Waals surface area (Å²) in [6.45, 7) is 0.192. The second kappa shape index (κ2) is 10.6. The summed E-state index contributed by atoms with van der Waals surface area (Å²) in [7, 11) is 0. The highest BCUT2D eigenvalue weighted by atomic mass is 35.5. The minimum atomic E-state index is -4.90. The van der Waals surface area contributed by atoms with Gasteiger partial charge in [-0.15, -0.1) is 0 Å². The Morgan fingerprint density at radius 3 is 2.52 bits per heavy atom. The van der Waals surface area contributed by atoms with Gasteiger partial charge in [0, 0.05) is 42.5 Å². The maximum atomic E-state index is 13.8. The summed E-state index contributed by atoms with van der Waals surface area (Å²) >= 11 is 6.33. The predicted octanol–water partition coefficient (Wildman–Crippen LogP) is 6.68. The van der Waals surface area contributed by atoms with Crippen molar-refractivity contribution in [2.75, 3.05) is 31.1 Å². The number of hydrogen-bond donors (Lipinski definition) is 1. The van der Waals surface area contributed by atoms with Gasteiger partial charge in [-0.25, -0.2) is 4.79 Å². The van der Waals surface area contributed by atoms with Crippen LogP contribution in [-0.4, -0.2) is 58.1 Å². The maximum Gasteiger partial charge on any atom is 0.433 e. The minimum absolute atomic E-state index is 0.147. The molecule has 6 nitrogen and oxygen atoms in total. The number of benzene rings is 2. The lowest BCUT2D eigenvalue weighted by molar-refractivity contribution is -0.147. The number of halogens is 7. The van der Waals surface area contributed by atoms with Crippen molar-refractivity contribution in [3.63, 3.8) is 0 Å². The first kappa shape index (κ1) is 28.3. The van der Waals surface area contributed by atoms with Crippen LogP contribution >= 0.6 is 11.6 Å². The van der Waals surface area contributed by atoms with E-state index >= 15 is 0 Å². The molecule has 1 aromatic heterocycles. The molecule has 1 saturated heterocycles. The van der Waals surface area contributed by atoms with Crippen LogP contribution in [0, 0.1) is 0 Å². The van der Waals surface area contributed by atoms with Crippen molar-refractivity contribution in [1.82, 2.24) is 14.7 Å². The molecule has 2 aliphatic heterocycles. The van der Waals surface area contributed by atoms with Gasteiger partial charge in [0.05, 0.1) is 18.8 Å². The molecule has 1 atom stereocenters. The zero-order valence-electron chi connectivity index (χ0n) is 21.1. The summed E-state index contributed by atoms with van der Waals surface area (Å²) < 4.78 is 80.9. The molecule has 13 heteroatoms. The van der Waals surface area contributed by atoms with Crippen molar-refractivity contribution < 1.29 is 36.2 Å². The molecule has 0 aliphatic carbocycles. The van der Waals surface area contributed by atoms with E-state index in [4.69, 9.17) is 11.6 Å². The molecule has 40 heavy (non-hydrogen) atoms. The molecule has 0 radical (unpaired) electrons. The van der Waals surface area contributed by atoms with Gasteiger partial charge in [-0.3, -0.25) is 9.58 Å². The fraction of sp³-hybridized carbons (Fsp3) is 0.407. The van der Waals surface area contributed by atoms with E-state index in [9.17, 15) is 36.2 Å².